The number of aliphatic hydroxyl groups excluding tert-OH is 3. The summed E-state index contributed by atoms with van der Waals surface area (Å²) in [5.41, 5.74) is 6.30. The molecule has 1 heterocycles. The average molecular weight is 255 g/mol. The Kier molecular flexibility index (Phi) is 3.31. The molecule has 0 unspecified atom stereocenters. The minimum atomic E-state index is -2.06. The van der Waals surface area contributed by atoms with Gasteiger partial charge in [-0.2, -0.15) is 0 Å². The molecule has 18 heavy (non-hydrogen) atoms. The predicted molar refractivity (Wildman–Crippen MR) is 63.3 cm³/mol. The quantitative estimate of drug-likeness (QED) is 0.407. The molecule has 1 fully saturated rings. The van der Waals surface area contributed by atoms with Gasteiger partial charge in [0, 0.05) is 11.3 Å². The number of ether oxygens (including phenoxy) is 1. The van der Waals surface area contributed by atoms with Gasteiger partial charge in [-0.05, 0) is 19.1 Å². The van der Waals surface area contributed by atoms with Gasteiger partial charge in [0.05, 0.1) is 6.10 Å². The van der Waals surface area contributed by atoms with E-state index in [-0.39, 0.29) is 5.56 Å². The summed E-state index contributed by atoms with van der Waals surface area (Å²) in [7, 11) is 0. The highest BCUT2D eigenvalue weighted by molar-refractivity contribution is 5.41. The molecule has 6 N–H and O–H groups in total. The van der Waals surface area contributed by atoms with Crippen LogP contribution in [0.2, 0.25) is 0 Å². The van der Waals surface area contributed by atoms with Crippen LogP contribution < -0.4 is 5.73 Å². The Morgan fingerprint density at radius 2 is 1.67 bits per heavy atom. The number of aliphatic hydroxyl groups is 4. The van der Waals surface area contributed by atoms with Crippen LogP contribution in [0.3, 0.4) is 0 Å². The summed E-state index contributed by atoms with van der Waals surface area (Å²) in [6.07, 6.45) is -5.20. The molecule has 1 aliphatic heterocycles. The Bertz CT molecular complexity index is 423. The SMILES string of the molecule is C[C@H]1O[C@@](O)(c2ccc(N)cc2)[C@H](O)[C@@H](O)[C@H]1O. The Balaban J connectivity index is 2.37. The van der Waals surface area contributed by atoms with Crippen molar-refractivity contribution in [2.75, 3.05) is 5.73 Å². The molecule has 1 aromatic rings. The summed E-state index contributed by atoms with van der Waals surface area (Å²) < 4.78 is 5.25. The Labute approximate surface area is 104 Å². The molecule has 0 spiro atoms. The smallest absolute Gasteiger partial charge is 0.222 e. The molecule has 0 amide bonds. The fraction of sp³-hybridized carbons (Fsp3) is 0.500. The third kappa shape index (κ3) is 1.98. The van der Waals surface area contributed by atoms with E-state index in [1.165, 1.54) is 19.1 Å². The minimum absolute atomic E-state index is 0.266. The summed E-state index contributed by atoms with van der Waals surface area (Å²) in [5, 5.41) is 39.5. The van der Waals surface area contributed by atoms with Gasteiger partial charge >= 0.3 is 0 Å². The van der Waals surface area contributed by atoms with Crippen molar-refractivity contribution in [2.24, 2.45) is 0 Å². The van der Waals surface area contributed by atoms with E-state index in [4.69, 9.17) is 10.5 Å². The van der Waals surface area contributed by atoms with E-state index in [2.05, 4.69) is 0 Å². The zero-order valence-corrected chi connectivity index (χ0v) is 9.89. The lowest BCUT2D eigenvalue weighted by atomic mass is 9.88. The van der Waals surface area contributed by atoms with Gasteiger partial charge in [-0.3, -0.25) is 0 Å². The lowest BCUT2D eigenvalue weighted by Crippen LogP contribution is -2.62. The number of rotatable bonds is 1. The fourth-order valence-electron chi connectivity index (χ4n) is 2.08. The maximum absolute atomic E-state index is 10.4. The van der Waals surface area contributed by atoms with Crippen molar-refractivity contribution in [3.05, 3.63) is 29.8 Å². The van der Waals surface area contributed by atoms with Crippen LogP contribution in [0.25, 0.3) is 0 Å². The molecular weight excluding hydrogens is 238 g/mol. The monoisotopic (exact) mass is 255 g/mol. The van der Waals surface area contributed by atoms with Crippen LogP contribution in [-0.2, 0) is 10.5 Å². The zero-order chi connectivity index (χ0) is 13.5. The number of anilines is 1. The summed E-state index contributed by atoms with van der Waals surface area (Å²) in [6, 6.07) is 6.09. The van der Waals surface area contributed by atoms with Crippen LogP contribution in [0.15, 0.2) is 24.3 Å². The normalized spacial score (nSPS) is 40.7. The van der Waals surface area contributed by atoms with Crippen molar-refractivity contribution in [3.63, 3.8) is 0 Å². The molecule has 6 nitrogen and oxygen atoms in total. The summed E-state index contributed by atoms with van der Waals surface area (Å²) in [5.74, 6) is -2.06. The first-order valence-corrected chi connectivity index (χ1v) is 5.66. The molecule has 1 aromatic carbocycles. The molecule has 5 atom stereocenters. The third-order valence-electron chi connectivity index (χ3n) is 3.25. The molecule has 6 heteroatoms. The number of hydrogen-bond acceptors (Lipinski definition) is 6. The minimum Gasteiger partial charge on any atom is -0.399 e. The van der Waals surface area contributed by atoms with E-state index in [1.807, 2.05) is 0 Å². The van der Waals surface area contributed by atoms with Gasteiger partial charge in [0.15, 0.2) is 0 Å². The van der Waals surface area contributed by atoms with Gasteiger partial charge < -0.3 is 30.9 Å². The van der Waals surface area contributed by atoms with E-state index in [9.17, 15) is 20.4 Å². The van der Waals surface area contributed by atoms with Crippen LogP contribution in [-0.4, -0.2) is 44.8 Å². The molecule has 0 radical (unpaired) electrons. The molecule has 0 aliphatic carbocycles. The molecule has 0 aromatic heterocycles. The lowest BCUT2D eigenvalue weighted by molar-refractivity contribution is -0.351. The van der Waals surface area contributed by atoms with E-state index >= 15 is 0 Å². The standard InChI is InChI=1S/C12H17NO5/c1-6-9(14)10(15)11(16)12(17,18-6)7-2-4-8(13)5-3-7/h2-6,9-11,14-17H,13H2,1H3/t6-,9+,10+,11-,12+/m1/s1. The summed E-state index contributed by atoms with van der Waals surface area (Å²) >= 11 is 0. The first kappa shape index (κ1) is 13.3. The van der Waals surface area contributed by atoms with Gasteiger partial charge in [0.1, 0.15) is 18.3 Å². The predicted octanol–water partition coefficient (Wildman–Crippen LogP) is -1.08. The number of nitrogen functional groups attached to an aromatic ring is 1. The van der Waals surface area contributed by atoms with Crippen molar-refractivity contribution >= 4 is 5.69 Å². The highest BCUT2D eigenvalue weighted by Crippen LogP contribution is 2.36. The van der Waals surface area contributed by atoms with Crippen LogP contribution in [0, 0.1) is 0 Å². The second-order valence-electron chi connectivity index (χ2n) is 4.57. The van der Waals surface area contributed by atoms with Crippen molar-refractivity contribution < 1.29 is 25.2 Å². The highest BCUT2D eigenvalue weighted by atomic mass is 16.7. The maximum Gasteiger partial charge on any atom is 0.222 e. The van der Waals surface area contributed by atoms with Crippen LogP contribution >= 0.6 is 0 Å². The first-order valence-electron chi connectivity index (χ1n) is 5.66. The van der Waals surface area contributed by atoms with E-state index < -0.39 is 30.2 Å². The van der Waals surface area contributed by atoms with Crippen molar-refractivity contribution in [1.29, 1.82) is 0 Å². The molecule has 0 saturated carbocycles. The van der Waals surface area contributed by atoms with E-state index in [0.717, 1.165) is 0 Å². The third-order valence-corrected chi connectivity index (χ3v) is 3.25. The van der Waals surface area contributed by atoms with Gasteiger partial charge in [0.25, 0.3) is 0 Å². The molecule has 1 aliphatic rings. The van der Waals surface area contributed by atoms with Gasteiger partial charge in [0.2, 0.25) is 5.79 Å². The molecule has 1 saturated heterocycles. The summed E-state index contributed by atoms with van der Waals surface area (Å²) in [6.45, 7) is 1.50. The Morgan fingerprint density at radius 3 is 2.22 bits per heavy atom. The first-order chi connectivity index (χ1) is 8.36. The summed E-state index contributed by atoms with van der Waals surface area (Å²) in [4.78, 5) is 0. The maximum atomic E-state index is 10.4. The molecule has 2 rings (SSSR count). The zero-order valence-electron chi connectivity index (χ0n) is 9.89. The Hall–Kier alpha value is -1.18. The van der Waals surface area contributed by atoms with Crippen LogP contribution in [0.5, 0.6) is 0 Å². The van der Waals surface area contributed by atoms with Crippen molar-refractivity contribution in [1.82, 2.24) is 0 Å². The largest absolute Gasteiger partial charge is 0.399 e. The Morgan fingerprint density at radius 1 is 1.11 bits per heavy atom. The fourth-order valence-corrected chi connectivity index (χ4v) is 2.08. The number of benzene rings is 1. The van der Waals surface area contributed by atoms with E-state index in [1.54, 1.807) is 12.1 Å². The van der Waals surface area contributed by atoms with Crippen molar-refractivity contribution in [3.8, 4) is 0 Å². The van der Waals surface area contributed by atoms with E-state index in [0.29, 0.717) is 5.69 Å². The average Bonchev–Trinajstić information content (AvgIpc) is 2.35. The van der Waals surface area contributed by atoms with Gasteiger partial charge in [-0.1, -0.05) is 12.1 Å². The van der Waals surface area contributed by atoms with Crippen LogP contribution in [0.1, 0.15) is 12.5 Å². The molecule has 0 bridgehead atoms. The molecular formula is C12H17NO5. The second kappa shape index (κ2) is 4.49. The topological polar surface area (TPSA) is 116 Å². The number of nitrogens with two attached hydrogens (primary N) is 1. The van der Waals surface area contributed by atoms with Crippen LogP contribution in [0.4, 0.5) is 5.69 Å². The van der Waals surface area contributed by atoms with Gasteiger partial charge in [-0.25, -0.2) is 0 Å². The highest BCUT2D eigenvalue weighted by Gasteiger charge is 2.52. The second-order valence-corrected chi connectivity index (χ2v) is 4.57. The van der Waals surface area contributed by atoms with Gasteiger partial charge in [-0.15, -0.1) is 0 Å². The van der Waals surface area contributed by atoms with Crippen molar-refractivity contribution in [2.45, 2.75) is 37.1 Å². The molecule has 100 valence electrons. The number of hydrogen-bond donors (Lipinski definition) is 5. The lowest BCUT2D eigenvalue weighted by Gasteiger charge is -2.45.